The van der Waals surface area contributed by atoms with Crippen molar-refractivity contribution in [3.05, 3.63) is 34.9 Å². The maximum absolute atomic E-state index is 12.4. The van der Waals surface area contributed by atoms with Gasteiger partial charge in [-0.1, -0.05) is 17.7 Å². The van der Waals surface area contributed by atoms with Crippen LogP contribution in [0.1, 0.15) is 17.3 Å². The van der Waals surface area contributed by atoms with Gasteiger partial charge >= 0.3 is 0 Å². The number of hydrogen-bond donors (Lipinski definition) is 1. The van der Waals surface area contributed by atoms with Crippen LogP contribution in [-0.2, 0) is 4.79 Å². The van der Waals surface area contributed by atoms with E-state index in [0.717, 1.165) is 0 Å². The van der Waals surface area contributed by atoms with E-state index in [4.69, 9.17) is 11.6 Å². The molecule has 0 saturated carbocycles. The first-order valence-electron chi connectivity index (χ1n) is 7.14. The van der Waals surface area contributed by atoms with Crippen LogP contribution in [0.3, 0.4) is 0 Å². The van der Waals surface area contributed by atoms with Crippen molar-refractivity contribution in [3.63, 3.8) is 0 Å². The van der Waals surface area contributed by atoms with Crippen molar-refractivity contribution < 1.29 is 9.59 Å². The molecule has 1 aliphatic heterocycles. The van der Waals surface area contributed by atoms with E-state index in [1.54, 1.807) is 29.2 Å². The van der Waals surface area contributed by atoms with Gasteiger partial charge in [0.25, 0.3) is 5.91 Å². The second kappa shape index (κ2) is 7.43. The smallest absolute Gasteiger partial charge is 0.253 e. The minimum atomic E-state index is -0.00448. The largest absolute Gasteiger partial charge is 0.355 e. The van der Waals surface area contributed by atoms with Gasteiger partial charge in [-0.2, -0.15) is 0 Å². The van der Waals surface area contributed by atoms with E-state index in [2.05, 4.69) is 10.2 Å². The first-order valence-corrected chi connectivity index (χ1v) is 7.52. The predicted molar refractivity (Wildman–Crippen MR) is 82.5 cm³/mol. The number of hydrogen-bond acceptors (Lipinski definition) is 3. The molecular weight excluding hydrogens is 290 g/mol. The maximum atomic E-state index is 12.4. The van der Waals surface area contributed by atoms with Crippen LogP contribution in [0.25, 0.3) is 0 Å². The number of carbonyl (C=O) groups excluding carboxylic acids is 2. The maximum Gasteiger partial charge on any atom is 0.253 e. The Labute approximate surface area is 129 Å². The molecule has 6 heteroatoms. The molecule has 0 spiro atoms. The predicted octanol–water partition coefficient (Wildman–Crippen LogP) is 1.23. The van der Waals surface area contributed by atoms with Gasteiger partial charge in [0.15, 0.2) is 0 Å². The topological polar surface area (TPSA) is 52.7 Å². The fourth-order valence-corrected chi connectivity index (χ4v) is 2.56. The molecule has 0 radical (unpaired) electrons. The lowest BCUT2D eigenvalue weighted by Crippen LogP contribution is -2.51. The molecule has 2 rings (SSSR count). The average Bonchev–Trinajstić information content (AvgIpc) is 2.47. The van der Waals surface area contributed by atoms with Crippen molar-refractivity contribution in [2.45, 2.75) is 6.92 Å². The van der Waals surface area contributed by atoms with Crippen molar-refractivity contribution in [2.24, 2.45) is 0 Å². The number of rotatable bonds is 4. The Kier molecular flexibility index (Phi) is 5.59. The number of nitrogens with zero attached hydrogens (tertiary/aromatic N) is 2. The van der Waals surface area contributed by atoms with Crippen molar-refractivity contribution in [1.82, 2.24) is 15.1 Å². The third kappa shape index (κ3) is 4.44. The summed E-state index contributed by atoms with van der Waals surface area (Å²) in [6, 6.07) is 6.99. The second-order valence-electron chi connectivity index (χ2n) is 5.03. The molecule has 1 fully saturated rings. The molecule has 1 aromatic carbocycles. The van der Waals surface area contributed by atoms with Gasteiger partial charge in [-0.25, -0.2) is 0 Å². The Hall–Kier alpha value is -1.59. The van der Waals surface area contributed by atoms with Crippen LogP contribution < -0.4 is 5.32 Å². The summed E-state index contributed by atoms with van der Waals surface area (Å²) in [7, 11) is 0. The molecule has 114 valence electrons. The van der Waals surface area contributed by atoms with Gasteiger partial charge in [0, 0.05) is 43.3 Å². The quantitative estimate of drug-likeness (QED) is 0.910. The Balaban J connectivity index is 1.86. The fraction of sp³-hybridized carbons (Fsp3) is 0.467. The number of carbonyl (C=O) groups is 2. The number of benzene rings is 1. The lowest BCUT2D eigenvalue weighted by molar-refractivity contribution is -0.122. The van der Waals surface area contributed by atoms with E-state index in [1.165, 1.54) is 0 Å². The highest BCUT2D eigenvalue weighted by atomic mass is 35.5. The molecule has 1 aliphatic rings. The zero-order valence-corrected chi connectivity index (χ0v) is 12.9. The van der Waals surface area contributed by atoms with Crippen LogP contribution in [-0.4, -0.2) is 60.9 Å². The zero-order valence-electron chi connectivity index (χ0n) is 12.1. The van der Waals surface area contributed by atoms with Crippen LogP contribution in [0.2, 0.25) is 5.02 Å². The lowest BCUT2D eigenvalue weighted by atomic mass is 10.2. The standard InChI is InChI=1S/C15H20ClN3O2/c1-2-17-14(20)11-18-6-8-19(9-7-18)15(21)12-4-3-5-13(16)10-12/h3-5,10H,2,6-9,11H2,1H3,(H,17,20). The SMILES string of the molecule is CCNC(=O)CN1CCN(C(=O)c2cccc(Cl)c2)CC1. The third-order valence-corrected chi connectivity index (χ3v) is 3.71. The number of halogens is 1. The molecule has 0 bridgehead atoms. The summed E-state index contributed by atoms with van der Waals surface area (Å²) in [6.45, 7) is 5.63. The van der Waals surface area contributed by atoms with Crippen molar-refractivity contribution in [1.29, 1.82) is 0 Å². The normalized spacial score (nSPS) is 15.8. The Bertz CT molecular complexity index is 513. The summed E-state index contributed by atoms with van der Waals surface area (Å²) >= 11 is 5.91. The van der Waals surface area contributed by atoms with E-state index < -0.39 is 0 Å². The van der Waals surface area contributed by atoms with E-state index in [0.29, 0.717) is 49.9 Å². The molecule has 1 N–H and O–H groups in total. The Morgan fingerprint density at radius 3 is 2.57 bits per heavy atom. The first kappa shape index (κ1) is 15.8. The number of likely N-dealkylation sites (N-methyl/N-ethyl adjacent to an activating group) is 1. The molecule has 0 aromatic heterocycles. The minimum Gasteiger partial charge on any atom is -0.355 e. The number of amides is 2. The highest BCUT2D eigenvalue weighted by molar-refractivity contribution is 6.30. The molecular formula is C15H20ClN3O2. The van der Waals surface area contributed by atoms with E-state index in [1.807, 2.05) is 6.92 Å². The summed E-state index contributed by atoms with van der Waals surface area (Å²) < 4.78 is 0. The molecule has 1 heterocycles. The van der Waals surface area contributed by atoms with E-state index in [9.17, 15) is 9.59 Å². The van der Waals surface area contributed by atoms with Crippen LogP contribution in [0.5, 0.6) is 0 Å². The lowest BCUT2D eigenvalue weighted by Gasteiger charge is -2.34. The summed E-state index contributed by atoms with van der Waals surface area (Å²) in [4.78, 5) is 27.8. The molecule has 5 nitrogen and oxygen atoms in total. The highest BCUT2D eigenvalue weighted by Crippen LogP contribution is 2.14. The van der Waals surface area contributed by atoms with Gasteiger partial charge in [0.05, 0.1) is 6.54 Å². The molecule has 0 aliphatic carbocycles. The van der Waals surface area contributed by atoms with Gasteiger partial charge in [-0.3, -0.25) is 14.5 Å². The van der Waals surface area contributed by atoms with Crippen LogP contribution in [0.4, 0.5) is 0 Å². The molecule has 1 aromatic rings. The van der Waals surface area contributed by atoms with Gasteiger partial charge in [0.1, 0.15) is 0 Å². The van der Waals surface area contributed by atoms with Gasteiger partial charge in [-0.05, 0) is 25.1 Å². The summed E-state index contributed by atoms with van der Waals surface area (Å²) in [6.07, 6.45) is 0. The molecule has 2 amide bonds. The van der Waals surface area contributed by atoms with E-state index >= 15 is 0 Å². The minimum absolute atomic E-state index is 0.00448. The molecule has 1 saturated heterocycles. The van der Waals surface area contributed by atoms with Crippen LogP contribution >= 0.6 is 11.6 Å². The van der Waals surface area contributed by atoms with Gasteiger partial charge in [-0.15, -0.1) is 0 Å². The van der Waals surface area contributed by atoms with Crippen LogP contribution in [0.15, 0.2) is 24.3 Å². The monoisotopic (exact) mass is 309 g/mol. The Morgan fingerprint density at radius 1 is 1.24 bits per heavy atom. The first-order chi connectivity index (χ1) is 10.1. The van der Waals surface area contributed by atoms with Crippen LogP contribution in [0, 0.1) is 0 Å². The zero-order chi connectivity index (χ0) is 15.2. The van der Waals surface area contributed by atoms with Crippen molar-refractivity contribution in [2.75, 3.05) is 39.3 Å². The third-order valence-electron chi connectivity index (χ3n) is 3.47. The van der Waals surface area contributed by atoms with E-state index in [-0.39, 0.29) is 11.8 Å². The van der Waals surface area contributed by atoms with Crippen molar-refractivity contribution >= 4 is 23.4 Å². The number of nitrogens with one attached hydrogen (secondary N) is 1. The molecule has 0 unspecified atom stereocenters. The number of piperazine rings is 1. The summed E-state index contributed by atoms with van der Waals surface area (Å²) in [5.74, 6) is 0.0299. The summed E-state index contributed by atoms with van der Waals surface area (Å²) in [5, 5.41) is 3.35. The fourth-order valence-electron chi connectivity index (χ4n) is 2.37. The van der Waals surface area contributed by atoms with Gasteiger partial charge < -0.3 is 10.2 Å². The van der Waals surface area contributed by atoms with Gasteiger partial charge in [0.2, 0.25) is 5.91 Å². The highest BCUT2D eigenvalue weighted by Gasteiger charge is 2.23. The van der Waals surface area contributed by atoms with Crippen molar-refractivity contribution in [3.8, 4) is 0 Å². The molecule has 21 heavy (non-hydrogen) atoms. The molecule has 0 atom stereocenters. The Morgan fingerprint density at radius 2 is 1.95 bits per heavy atom. The average molecular weight is 310 g/mol. The summed E-state index contributed by atoms with van der Waals surface area (Å²) in [5.41, 5.74) is 0.611. The second-order valence-corrected chi connectivity index (χ2v) is 5.47.